The van der Waals surface area contributed by atoms with Gasteiger partial charge in [-0.3, -0.25) is 4.99 Å². The van der Waals surface area contributed by atoms with Gasteiger partial charge in [0.25, 0.3) is 0 Å². The van der Waals surface area contributed by atoms with E-state index in [9.17, 15) is 13.2 Å². The van der Waals surface area contributed by atoms with Crippen LogP contribution in [0.25, 0.3) is 0 Å². The second kappa shape index (κ2) is 12.5. The number of carbonyl (C=O) groups is 1. The van der Waals surface area contributed by atoms with Gasteiger partial charge in [-0.1, -0.05) is 0 Å². The molecule has 1 fully saturated rings. The van der Waals surface area contributed by atoms with E-state index in [2.05, 4.69) is 19.9 Å². The van der Waals surface area contributed by atoms with E-state index in [-0.39, 0.29) is 35.8 Å². The van der Waals surface area contributed by atoms with Gasteiger partial charge in [-0.25, -0.2) is 17.9 Å². The fourth-order valence-corrected chi connectivity index (χ4v) is 2.93. The number of halogens is 1. The van der Waals surface area contributed by atoms with Crippen molar-refractivity contribution in [2.24, 2.45) is 4.99 Å². The van der Waals surface area contributed by atoms with Gasteiger partial charge in [0.2, 0.25) is 10.0 Å². The third-order valence-corrected chi connectivity index (χ3v) is 5.06. The average molecular weight is 491 g/mol. The Morgan fingerprint density at radius 3 is 2.24 bits per heavy atom. The molecule has 0 spiro atoms. The van der Waals surface area contributed by atoms with Crippen LogP contribution in [0.2, 0.25) is 0 Å². The van der Waals surface area contributed by atoms with Crippen molar-refractivity contribution in [2.45, 2.75) is 20.3 Å². The highest BCUT2D eigenvalue weighted by molar-refractivity contribution is 14.0. The Morgan fingerprint density at radius 1 is 1.12 bits per heavy atom. The van der Waals surface area contributed by atoms with E-state index < -0.39 is 10.0 Å². The number of hydrogen-bond donors (Lipinski definition) is 2. The predicted molar refractivity (Wildman–Crippen MR) is 109 cm³/mol. The molecule has 1 amide bonds. The van der Waals surface area contributed by atoms with Crippen molar-refractivity contribution in [1.29, 1.82) is 0 Å². The van der Waals surface area contributed by atoms with Crippen molar-refractivity contribution < 1.29 is 17.9 Å². The molecule has 2 N–H and O–H groups in total. The lowest BCUT2D eigenvalue weighted by molar-refractivity contribution is 0.0914. The minimum atomic E-state index is -3.13. The van der Waals surface area contributed by atoms with Gasteiger partial charge in [-0.2, -0.15) is 0 Å². The van der Waals surface area contributed by atoms with Crippen molar-refractivity contribution in [1.82, 2.24) is 19.8 Å². The standard InChI is InChI=1S/C14H29N5O4S.HI/c1-4-23-14(20)19-11-9-18(10-12-19)13(15-3)16-7-6-8-17-24(21,22)5-2;/h17H,4-12H2,1-3H3,(H,15,16);1H. The number of hydrogen-bond acceptors (Lipinski definition) is 5. The van der Waals surface area contributed by atoms with Gasteiger partial charge in [0.1, 0.15) is 0 Å². The first-order valence-corrected chi connectivity index (χ1v) is 9.93. The first kappa shape index (κ1) is 24.2. The van der Waals surface area contributed by atoms with Crippen molar-refractivity contribution >= 4 is 46.1 Å². The largest absolute Gasteiger partial charge is 0.450 e. The summed E-state index contributed by atoms with van der Waals surface area (Å²) in [7, 11) is -1.42. The molecule has 148 valence electrons. The van der Waals surface area contributed by atoms with Gasteiger partial charge < -0.3 is 19.9 Å². The molecule has 0 atom stereocenters. The van der Waals surface area contributed by atoms with E-state index in [0.29, 0.717) is 52.3 Å². The summed E-state index contributed by atoms with van der Waals surface area (Å²) >= 11 is 0. The van der Waals surface area contributed by atoms with Gasteiger partial charge in [0, 0.05) is 46.3 Å². The second-order valence-corrected chi connectivity index (χ2v) is 7.39. The summed E-state index contributed by atoms with van der Waals surface area (Å²) in [6.07, 6.45) is 0.393. The van der Waals surface area contributed by atoms with Crippen LogP contribution in [0.3, 0.4) is 0 Å². The van der Waals surface area contributed by atoms with Crippen LogP contribution in [-0.4, -0.2) is 88.9 Å². The molecule has 0 aromatic rings. The van der Waals surface area contributed by atoms with E-state index in [0.717, 1.165) is 5.96 Å². The molecule has 0 aromatic heterocycles. The number of ether oxygens (including phenoxy) is 1. The summed E-state index contributed by atoms with van der Waals surface area (Å²) in [4.78, 5) is 19.7. The minimum absolute atomic E-state index is 0. The van der Waals surface area contributed by atoms with Crippen LogP contribution in [-0.2, 0) is 14.8 Å². The van der Waals surface area contributed by atoms with Gasteiger partial charge in [-0.15, -0.1) is 24.0 Å². The van der Waals surface area contributed by atoms with E-state index in [4.69, 9.17) is 4.74 Å². The minimum Gasteiger partial charge on any atom is -0.450 e. The van der Waals surface area contributed by atoms with E-state index >= 15 is 0 Å². The maximum Gasteiger partial charge on any atom is 0.409 e. The monoisotopic (exact) mass is 491 g/mol. The molecule has 0 aliphatic carbocycles. The highest BCUT2D eigenvalue weighted by Crippen LogP contribution is 2.04. The van der Waals surface area contributed by atoms with E-state index in [1.807, 2.05) is 0 Å². The van der Waals surface area contributed by atoms with Gasteiger partial charge in [0.05, 0.1) is 12.4 Å². The zero-order chi connectivity index (χ0) is 18.0. The number of guanidine groups is 1. The molecule has 0 bridgehead atoms. The smallest absolute Gasteiger partial charge is 0.409 e. The van der Waals surface area contributed by atoms with Crippen LogP contribution < -0.4 is 10.0 Å². The van der Waals surface area contributed by atoms with Crippen LogP contribution in [0.1, 0.15) is 20.3 Å². The number of piperazine rings is 1. The molecule has 1 rings (SSSR count). The molecule has 0 saturated carbocycles. The summed E-state index contributed by atoms with van der Waals surface area (Å²) in [5.41, 5.74) is 0. The van der Waals surface area contributed by atoms with Crippen LogP contribution in [0.4, 0.5) is 4.79 Å². The summed E-state index contributed by atoms with van der Waals surface area (Å²) < 4.78 is 30.2. The molecular formula is C14H30IN5O4S. The molecule has 1 saturated heterocycles. The molecule has 1 heterocycles. The SMILES string of the molecule is CCOC(=O)N1CCN(C(=NC)NCCCNS(=O)(=O)CC)CC1.I. The Morgan fingerprint density at radius 2 is 1.72 bits per heavy atom. The molecule has 1 aliphatic heterocycles. The van der Waals surface area contributed by atoms with E-state index in [1.54, 1.807) is 25.8 Å². The molecule has 11 heteroatoms. The van der Waals surface area contributed by atoms with Crippen LogP contribution in [0.15, 0.2) is 4.99 Å². The third-order valence-electron chi connectivity index (χ3n) is 3.66. The third kappa shape index (κ3) is 8.90. The Bertz CT molecular complexity index is 521. The maximum absolute atomic E-state index is 11.7. The summed E-state index contributed by atoms with van der Waals surface area (Å²) in [5.74, 6) is 0.851. The Kier molecular flexibility index (Phi) is 12.1. The quantitative estimate of drug-likeness (QED) is 0.230. The highest BCUT2D eigenvalue weighted by atomic mass is 127. The van der Waals surface area contributed by atoms with Crippen molar-refractivity contribution in [2.75, 3.05) is 58.7 Å². The summed E-state index contributed by atoms with van der Waals surface area (Å²) in [5, 5.41) is 3.22. The number of rotatable bonds is 7. The molecular weight excluding hydrogens is 461 g/mol. The van der Waals surface area contributed by atoms with Gasteiger partial charge in [-0.05, 0) is 20.3 Å². The molecule has 25 heavy (non-hydrogen) atoms. The van der Waals surface area contributed by atoms with Crippen LogP contribution in [0.5, 0.6) is 0 Å². The maximum atomic E-state index is 11.7. The highest BCUT2D eigenvalue weighted by Gasteiger charge is 2.23. The fraction of sp³-hybridized carbons (Fsp3) is 0.857. The Labute approximate surface area is 167 Å². The lowest BCUT2D eigenvalue weighted by Gasteiger charge is -2.35. The van der Waals surface area contributed by atoms with E-state index in [1.165, 1.54) is 0 Å². The number of nitrogens with zero attached hydrogens (tertiary/aromatic N) is 3. The number of nitrogens with one attached hydrogen (secondary N) is 2. The van der Waals surface area contributed by atoms with Gasteiger partial charge in [0.15, 0.2) is 5.96 Å². The van der Waals surface area contributed by atoms with Crippen LogP contribution >= 0.6 is 24.0 Å². The normalized spacial score (nSPS) is 15.6. The van der Waals surface area contributed by atoms with Gasteiger partial charge >= 0.3 is 6.09 Å². The lowest BCUT2D eigenvalue weighted by atomic mass is 10.3. The first-order valence-electron chi connectivity index (χ1n) is 8.28. The molecule has 1 aliphatic rings. The predicted octanol–water partition coefficient (Wildman–Crippen LogP) is 0.283. The second-order valence-electron chi connectivity index (χ2n) is 5.30. The zero-order valence-corrected chi connectivity index (χ0v) is 18.3. The number of carbonyl (C=O) groups excluding carboxylic acids is 1. The molecule has 0 unspecified atom stereocenters. The van der Waals surface area contributed by atoms with Crippen molar-refractivity contribution in [3.05, 3.63) is 0 Å². The number of aliphatic imine (C=N–C) groups is 1. The summed E-state index contributed by atoms with van der Waals surface area (Å²) in [6, 6.07) is 0. The lowest BCUT2D eigenvalue weighted by Crippen LogP contribution is -2.54. The fourth-order valence-electron chi connectivity index (χ4n) is 2.27. The number of amides is 1. The first-order chi connectivity index (χ1) is 11.4. The topological polar surface area (TPSA) is 103 Å². The summed E-state index contributed by atoms with van der Waals surface area (Å²) in [6.45, 7) is 7.35. The zero-order valence-electron chi connectivity index (χ0n) is 15.2. The molecule has 0 radical (unpaired) electrons. The molecule has 9 nitrogen and oxygen atoms in total. The average Bonchev–Trinajstić information content (AvgIpc) is 2.58. The Balaban J connectivity index is 0.00000576. The molecule has 0 aromatic carbocycles. The number of sulfonamides is 1. The van der Waals surface area contributed by atoms with Crippen molar-refractivity contribution in [3.63, 3.8) is 0 Å². The van der Waals surface area contributed by atoms with Crippen molar-refractivity contribution in [3.8, 4) is 0 Å². The Hall–Kier alpha value is -0.820. The van der Waals surface area contributed by atoms with Crippen LogP contribution in [0, 0.1) is 0 Å².